The normalized spacial score (nSPS) is 11.9. The fraction of sp³-hybridized carbons (Fsp3) is 0.391. The van der Waals surface area contributed by atoms with E-state index >= 15 is 0 Å². The quantitative estimate of drug-likeness (QED) is 0.590. The van der Waals surface area contributed by atoms with Gasteiger partial charge in [0.2, 0.25) is 5.91 Å². The highest BCUT2D eigenvalue weighted by Crippen LogP contribution is 2.30. The number of hydrogen-bond acceptors (Lipinski definition) is 5. The summed E-state index contributed by atoms with van der Waals surface area (Å²) >= 11 is 0. The van der Waals surface area contributed by atoms with Crippen molar-refractivity contribution < 1.29 is 27.8 Å². The Morgan fingerprint density at radius 1 is 1.09 bits per heavy atom. The molecule has 1 atom stereocenters. The van der Waals surface area contributed by atoms with E-state index in [2.05, 4.69) is 15.4 Å². The number of alkyl halides is 2. The van der Waals surface area contributed by atoms with Crippen molar-refractivity contribution in [1.82, 2.24) is 10.2 Å². The van der Waals surface area contributed by atoms with Crippen molar-refractivity contribution in [3.63, 3.8) is 0 Å². The molecule has 2 aromatic carbocycles. The zero-order valence-electron chi connectivity index (χ0n) is 18.9. The van der Waals surface area contributed by atoms with Gasteiger partial charge in [0.05, 0.1) is 12.6 Å². The van der Waals surface area contributed by atoms with Crippen molar-refractivity contribution in [3.05, 3.63) is 53.1 Å². The number of hydrogen-bond donors (Lipinski definition) is 2. The third kappa shape index (κ3) is 7.19. The molecule has 0 saturated carbocycles. The molecule has 7 nitrogen and oxygen atoms in total. The molecule has 3 amide bonds. The van der Waals surface area contributed by atoms with Crippen molar-refractivity contribution in [2.45, 2.75) is 46.9 Å². The molecule has 0 aliphatic rings. The summed E-state index contributed by atoms with van der Waals surface area (Å²) in [6.45, 7) is 4.87. The molecule has 2 N–H and O–H groups in total. The van der Waals surface area contributed by atoms with Crippen LogP contribution in [0.1, 0.15) is 30.5 Å². The Hall–Kier alpha value is -3.20. The van der Waals surface area contributed by atoms with Crippen LogP contribution in [-0.4, -0.2) is 43.1 Å². The second-order valence-electron chi connectivity index (χ2n) is 7.45. The summed E-state index contributed by atoms with van der Waals surface area (Å²) < 4.78 is 35.0. The maximum atomic E-state index is 12.6. The first-order chi connectivity index (χ1) is 15.1. The van der Waals surface area contributed by atoms with E-state index in [1.54, 1.807) is 44.0 Å². The van der Waals surface area contributed by atoms with Crippen molar-refractivity contribution in [1.29, 1.82) is 0 Å². The molecule has 1 unspecified atom stereocenters. The van der Waals surface area contributed by atoms with Crippen LogP contribution in [0.15, 0.2) is 36.4 Å². The van der Waals surface area contributed by atoms with Gasteiger partial charge in [-0.3, -0.25) is 15.0 Å². The van der Waals surface area contributed by atoms with E-state index < -0.39 is 24.6 Å². The maximum absolute atomic E-state index is 12.6. The molecule has 2 aromatic rings. The molecule has 0 saturated heterocycles. The zero-order chi connectivity index (χ0) is 23.8. The Balaban J connectivity index is 1.98. The number of carbonyl (C=O) groups is 2. The number of benzene rings is 2. The van der Waals surface area contributed by atoms with Gasteiger partial charge in [0.1, 0.15) is 0 Å². The van der Waals surface area contributed by atoms with Gasteiger partial charge in [-0.05, 0) is 64.1 Å². The molecule has 0 aromatic heterocycles. The first-order valence-corrected chi connectivity index (χ1v) is 10.2. The highest BCUT2D eigenvalue weighted by Gasteiger charge is 2.21. The van der Waals surface area contributed by atoms with E-state index in [1.807, 2.05) is 26.0 Å². The minimum atomic E-state index is -2.96. The summed E-state index contributed by atoms with van der Waals surface area (Å²) in [6, 6.07) is 8.95. The Morgan fingerprint density at radius 2 is 1.81 bits per heavy atom. The molecular formula is C23H29F2N3O4. The Kier molecular flexibility index (Phi) is 8.95. The van der Waals surface area contributed by atoms with Crippen molar-refractivity contribution in [3.8, 4) is 11.5 Å². The zero-order valence-corrected chi connectivity index (χ0v) is 18.9. The molecule has 9 heteroatoms. The molecular weight excluding hydrogens is 420 g/mol. The third-order valence-corrected chi connectivity index (χ3v) is 4.86. The van der Waals surface area contributed by atoms with Gasteiger partial charge >= 0.3 is 12.6 Å². The van der Waals surface area contributed by atoms with Crippen LogP contribution < -0.4 is 20.1 Å². The monoisotopic (exact) mass is 449 g/mol. The van der Waals surface area contributed by atoms with E-state index in [0.29, 0.717) is 12.2 Å². The summed E-state index contributed by atoms with van der Waals surface area (Å²) in [7, 11) is 1.72. The average molecular weight is 449 g/mol. The van der Waals surface area contributed by atoms with E-state index in [4.69, 9.17) is 4.74 Å². The second kappa shape index (κ2) is 11.4. The molecule has 0 fully saturated rings. The molecule has 2 rings (SSSR count). The first-order valence-electron chi connectivity index (χ1n) is 10.2. The van der Waals surface area contributed by atoms with Gasteiger partial charge in [-0.25, -0.2) is 4.79 Å². The van der Waals surface area contributed by atoms with Gasteiger partial charge in [-0.1, -0.05) is 23.8 Å². The van der Waals surface area contributed by atoms with Gasteiger partial charge in [0.15, 0.2) is 11.5 Å². The average Bonchev–Trinajstić information content (AvgIpc) is 2.71. The molecule has 0 spiro atoms. The van der Waals surface area contributed by atoms with Crippen molar-refractivity contribution >= 4 is 17.6 Å². The minimum Gasteiger partial charge on any atom is -0.490 e. The number of rotatable bonds is 9. The number of aryl methyl sites for hydroxylation is 2. The lowest BCUT2D eigenvalue weighted by Crippen LogP contribution is -2.46. The van der Waals surface area contributed by atoms with Crippen molar-refractivity contribution in [2.75, 3.05) is 19.0 Å². The van der Waals surface area contributed by atoms with Crippen LogP contribution in [0.2, 0.25) is 0 Å². The largest absolute Gasteiger partial charge is 0.490 e. The standard InChI is InChI=1S/C23H29F2N3O4/c1-6-31-20-12-17(8-10-19(20)32-22(24)25)13-28(5)16(4)21(29)27-23(30)26-18-9-7-14(2)11-15(18)3/h7-12,16,22H,6,13H2,1-5H3,(H2,26,27,29,30). The molecule has 32 heavy (non-hydrogen) atoms. The summed E-state index contributed by atoms with van der Waals surface area (Å²) in [5, 5.41) is 5.01. The fourth-order valence-electron chi connectivity index (χ4n) is 3.06. The number of likely N-dealkylation sites (N-methyl/N-ethyl adjacent to an activating group) is 1. The predicted molar refractivity (Wildman–Crippen MR) is 118 cm³/mol. The number of nitrogens with one attached hydrogen (secondary N) is 2. The van der Waals surface area contributed by atoms with Gasteiger partial charge in [-0.2, -0.15) is 8.78 Å². The number of urea groups is 1. The summed E-state index contributed by atoms with van der Waals surface area (Å²) in [5.41, 5.74) is 3.32. The second-order valence-corrected chi connectivity index (χ2v) is 7.45. The van der Waals surface area contributed by atoms with E-state index in [1.165, 1.54) is 6.07 Å². The number of nitrogens with zero attached hydrogens (tertiary/aromatic N) is 1. The van der Waals surface area contributed by atoms with Gasteiger partial charge in [-0.15, -0.1) is 0 Å². The van der Waals surface area contributed by atoms with Crippen LogP contribution in [0.25, 0.3) is 0 Å². The van der Waals surface area contributed by atoms with Crippen LogP contribution in [-0.2, 0) is 11.3 Å². The van der Waals surface area contributed by atoms with E-state index in [-0.39, 0.29) is 18.1 Å². The predicted octanol–water partition coefficient (Wildman–Crippen LogP) is 4.47. The number of anilines is 1. The van der Waals surface area contributed by atoms with Crippen LogP contribution in [0, 0.1) is 13.8 Å². The van der Waals surface area contributed by atoms with E-state index in [0.717, 1.165) is 16.7 Å². The SMILES string of the molecule is CCOc1cc(CN(C)C(C)C(=O)NC(=O)Nc2ccc(C)cc2C)ccc1OC(F)F. The number of halogens is 2. The molecule has 0 bridgehead atoms. The number of imide groups is 1. The van der Waals surface area contributed by atoms with Crippen LogP contribution in [0.4, 0.5) is 19.3 Å². The molecule has 0 radical (unpaired) electrons. The van der Waals surface area contributed by atoms with Crippen molar-refractivity contribution in [2.24, 2.45) is 0 Å². The minimum absolute atomic E-state index is 0.0536. The lowest BCUT2D eigenvalue weighted by molar-refractivity contribution is -0.124. The summed E-state index contributed by atoms with van der Waals surface area (Å²) in [4.78, 5) is 26.5. The molecule has 174 valence electrons. The Labute approximate surface area is 186 Å². The Morgan fingerprint density at radius 3 is 2.44 bits per heavy atom. The Bertz CT molecular complexity index is 953. The molecule has 0 heterocycles. The van der Waals surface area contributed by atoms with Crippen LogP contribution >= 0.6 is 0 Å². The maximum Gasteiger partial charge on any atom is 0.387 e. The molecule has 0 aliphatic carbocycles. The third-order valence-electron chi connectivity index (χ3n) is 4.86. The van der Waals surface area contributed by atoms with Crippen LogP contribution in [0.5, 0.6) is 11.5 Å². The van der Waals surface area contributed by atoms with E-state index in [9.17, 15) is 18.4 Å². The van der Waals surface area contributed by atoms with Gasteiger partial charge in [0.25, 0.3) is 0 Å². The topological polar surface area (TPSA) is 79.9 Å². The van der Waals surface area contributed by atoms with Gasteiger partial charge < -0.3 is 14.8 Å². The number of amides is 3. The highest BCUT2D eigenvalue weighted by atomic mass is 19.3. The highest BCUT2D eigenvalue weighted by molar-refractivity contribution is 6.03. The first kappa shape index (κ1) is 25.1. The lowest BCUT2D eigenvalue weighted by atomic mass is 10.1. The fourth-order valence-corrected chi connectivity index (χ4v) is 3.06. The van der Waals surface area contributed by atoms with Gasteiger partial charge in [0, 0.05) is 12.2 Å². The number of carbonyl (C=O) groups excluding carboxylic acids is 2. The number of ether oxygens (including phenoxy) is 2. The lowest BCUT2D eigenvalue weighted by Gasteiger charge is -2.24. The smallest absolute Gasteiger partial charge is 0.387 e. The van der Waals surface area contributed by atoms with Crippen LogP contribution in [0.3, 0.4) is 0 Å². The summed E-state index contributed by atoms with van der Waals surface area (Å²) in [6.07, 6.45) is 0. The summed E-state index contributed by atoms with van der Waals surface area (Å²) in [5.74, 6) is -0.330. The molecule has 0 aliphatic heterocycles.